The monoisotopic (exact) mass is 342 g/mol. The maximum Gasteiger partial charge on any atom is 0.335 e. The first-order valence-corrected chi connectivity index (χ1v) is 8.42. The summed E-state index contributed by atoms with van der Waals surface area (Å²) in [5.74, 6) is -0.231. The number of aromatic carboxylic acids is 1. The molecule has 0 radical (unpaired) electrons. The first kappa shape index (κ1) is 19.0. The molecular weight excluding hydrogens is 316 g/mol. The predicted octanol–water partition coefficient (Wildman–Crippen LogP) is 2.83. The van der Waals surface area contributed by atoms with E-state index in [9.17, 15) is 4.79 Å². The zero-order valence-electron chi connectivity index (χ0n) is 14.9. The quantitative estimate of drug-likeness (QED) is 0.719. The van der Waals surface area contributed by atoms with Crippen molar-refractivity contribution in [3.8, 4) is 5.75 Å². The molecule has 0 aliphatic heterocycles. The van der Waals surface area contributed by atoms with E-state index in [0.717, 1.165) is 26.2 Å². The highest BCUT2D eigenvalue weighted by atomic mass is 16.5. The number of hydrogen-bond acceptors (Lipinski definition) is 4. The van der Waals surface area contributed by atoms with Gasteiger partial charge < -0.3 is 19.6 Å². The van der Waals surface area contributed by atoms with Crippen molar-refractivity contribution in [1.29, 1.82) is 0 Å². The number of carbonyl (C=O) groups is 1. The van der Waals surface area contributed by atoms with Gasteiger partial charge in [-0.3, -0.25) is 0 Å². The normalized spacial score (nSPS) is 11.0. The van der Waals surface area contributed by atoms with E-state index in [1.54, 1.807) is 24.3 Å². The molecule has 5 nitrogen and oxygen atoms in total. The zero-order valence-corrected chi connectivity index (χ0v) is 14.9. The standard InChI is InChI=1S/C20H26N2O3/c1-21(12-13-22(2)16-17-6-4-3-5-7-17)14-15-25-19-10-8-18(9-11-19)20(23)24/h3-11H,12-16H2,1-2H3,(H,23,24). The fourth-order valence-electron chi connectivity index (χ4n) is 2.44. The van der Waals surface area contributed by atoms with Crippen molar-refractivity contribution in [3.05, 3.63) is 65.7 Å². The second kappa shape index (κ2) is 9.81. The Morgan fingerprint density at radius 3 is 2.20 bits per heavy atom. The van der Waals surface area contributed by atoms with Crippen LogP contribution in [0.5, 0.6) is 5.75 Å². The fourth-order valence-corrected chi connectivity index (χ4v) is 2.44. The Hall–Kier alpha value is -2.37. The molecule has 0 spiro atoms. The number of rotatable bonds is 10. The Bertz CT molecular complexity index is 644. The van der Waals surface area contributed by atoms with Gasteiger partial charge in [0.05, 0.1) is 5.56 Å². The van der Waals surface area contributed by atoms with Gasteiger partial charge in [-0.25, -0.2) is 4.79 Å². The zero-order chi connectivity index (χ0) is 18.1. The van der Waals surface area contributed by atoms with E-state index >= 15 is 0 Å². The highest BCUT2D eigenvalue weighted by molar-refractivity contribution is 5.87. The largest absolute Gasteiger partial charge is 0.492 e. The van der Waals surface area contributed by atoms with Crippen molar-refractivity contribution < 1.29 is 14.6 Å². The summed E-state index contributed by atoms with van der Waals surface area (Å²) in [7, 11) is 4.20. The van der Waals surface area contributed by atoms with Gasteiger partial charge in [-0.05, 0) is 43.9 Å². The summed E-state index contributed by atoms with van der Waals surface area (Å²) in [6, 6.07) is 16.9. The van der Waals surface area contributed by atoms with Gasteiger partial charge in [0.15, 0.2) is 0 Å². The first-order valence-electron chi connectivity index (χ1n) is 8.42. The molecule has 5 heteroatoms. The third-order valence-electron chi connectivity index (χ3n) is 4.00. The lowest BCUT2D eigenvalue weighted by molar-refractivity contribution is 0.0697. The number of likely N-dealkylation sites (N-methyl/N-ethyl adjacent to an activating group) is 2. The molecule has 2 aromatic rings. The lowest BCUT2D eigenvalue weighted by Gasteiger charge is -2.22. The summed E-state index contributed by atoms with van der Waals surface area (Å²) in [5, 5.41) is 8.87. The van der Waals surface area contributed by atoms with Gasteiger partial charge in [0.2, 0.25) is 0 Å². The van der Waals surface area contributed by atoms with Crippen LogP contribution in [0.2, 0.25) is 0 Å². The molecule has 0 amide bonds. The van der Waals surface area contributed by atoms with E-state index in [1.807, 2.05) is 6.07 Å². The highest BCUT2D eigenvalue weighted by Crippen LogP contribution is 2.12. The third-order valence-corrected chi connectivity index (χ3v) is 4.00. The second-order valence-electron chi connectivity index (χ2n) is 6.20. The van der Waals surface area contributed by atoms with Crippen LogP contribution in [0.3, 0.4) is 0 Å². The van der Waals surface area contributed by atoms with Crippen molar-refractivity contribution in [2.75, 3.05) is 40.3 Å². The lowest BCUT2D eigenvalue weighted by Crippen LogP contribution is -2.33. The Kier molecular flexibility index (Phi) is 7.44. The molecular formula is C20H26N2O3. The molecule has 0 aliphatic carbocycles. The first-order chi connectivity index (χ1) is 12.0. The van der Waals surface area contributed by atoms with E-state index in [0.29, 0.717) is 12.4 Å². The van der Waals surface area contributed by atoms with E-state index in [-0.39, 0.29) is 5.56 Å². The molecule has 0 bridgehead atoms. The van der Waals surface area contributed by atoms with Crippen LogP contribution in [-0.2, 0) is 6.54 Å². The van der Waals surface area contributed by atoms with Crippen molar-refractivity contribution in [2.45, 2.75) is 6.54 Å². The van der Waals surface area contributed by atoms with Gasteiger partial charge in [0.25, 0.3) is 0 Å². The molecule has 0 saturated carbocycles. The number of carboxylic acids is 1. The summed E-state index contributed by atoms with van der Waals surface area (Å²) in [6.45, 7) is 4.29. The van der Waals surface area contributed by atoms with Gasteiger partial charge in [0, 0.05) is 26.2 Å². The summed E-state index contributed by atoms with van der Waals surface area (Å²) < 4.78 is 5.67. The highest BCUT2D eigenvalue weighted by Gasteiger charge is 2.05. The molecule has 0 saturated heterocycles. The molecule has 0 unspecified atom stereocenters. The van der Waals surface area contributed by atoms with Crippen LogP contribution in [0.1, 0.15) is 15.9 Å². The minimum absolute atomic E-state index is 0.269. The molecule has 134 valence electrons. The average Bonchev–Trinajstić information content (AvgIpc) is 2.61. The molecule has 0 atom stereocenters. The summed E-state index contributed by atoms with van der Waals surface area (Å²) in [6.07, 6.45) is 0. The van der Waals surface area contributed by atoms with Crippen LogP contribution >= 0.6 is 0 Å². The van der Waals surface area contributed by atoms with Crippen LogP contribution in [0, 0.1) is 0 Å². The van der Waals surface area contributed by atoms with Gasteiger partial charge in [-0.2, -0.15) is 0 Å². The maximum atomic E-state index is 10.8. The molecule has 25 heavy (non-hydrogen) atoms. The van der Waals surface area contributed by atoms with Crippen LogP contribution in [0.25, 0.3) is 0 Å². The average molecular weight is 342 g/mol. The van der Waals surface area contributed by atoms with Gasteiger partial charge >= 0.3 is 5.97 Å². The second-order valence-corrected chi connectivity index (χ2v) is 6.20. The van der Waals surface area contributed by atoms with E-state index < -0.39 is 5.97 Å². The summed E-state index contributed by atoms with van der Waals surface area (Å²) in [5.41, 5.74) is 1.59. The Morgan fingerprint density at radius 2 is 1.56 bits per heavy atom. The molecule has 1 N–H and O–H groups in total. The smallest absolute Gasteiger partial charge is 0.335 e. The van der Waals surface area contributed by atoms with Crippen molar-refractivity contribution in [2.24, 2.45) is 0 Å². The molecule has 0 aliphatic rings. The van der Waals surface area contributed by atoms with Gasteiger partial charge in [0.1, 0.15) is 12.4 Å². The molecule has 0 fully saturated rings. The summed E-state index contributed by atoms with van der Waals surface area (Å²) in [4.78, 5) is 15.3. The topological polar surface area (TPSA) is 53.0 Å². The van der Waals surface area contributed by atoms with Gasteiger partial charge in [-0.15, -0.1) is 0 Å². The predicted molar refractivity (Wildman–Crippen MR) is 99.2 cm³/mol. The van der Waals surface area contributed by atoms with E-state index in [1.165, 1.54) is 5.56 Å². The SMILES string of the molecule is CN(CCOc1ccc(C(=O)O)cc1)CCN(C)Cc1ccccc1. The maximum absolute atomic E-state index is 10.8. The number of carboxylic acid groups (broad SMARTS) is 1. The van der Waals surface area contributed by atoms with Crippen molar-refractivity contribution in [3.63, 3.8) is 0 Å². The van der Waals surface area contributed by atoms with Crippen LogP contribution in [0.15, 0.2) is 54.6 Å². The minimum Gasteiger partial charge on any atom is -0.492 e. The molecule has 2 aromatic carbocycles. The molecule has 0 heterocycles. The Labute approximate surface area is 149 Å². The Morgan fingerprint density at radius 1 is 0.920 bits per heavy atom. The molecule has 0 aromatic heterocycles. The number of ether oxygens (including phenoxy) is 1. The summed E-state index contributed by atoms with van der Waals surface area (Å²) >= 11 is 0. The third kappa shape index (κ3) is 6.95. The Balaban J connectivity index is 1.63. The van der Waals surface area contributed by atoms with Crippen molar-refractivity contribution >= 4 is 5.97 Å². The van der Waals surface area contributed by atoms with E-state index in [2.05, 4.69) is 48.2 Å². The van der Waals surface area contributed by atoms with Crippen LogP contribution in [-0.4, -0.2) is 61.2 Å². The van der Waals surface area contributed by atoms with Crippen LogP contribution in [0.4, 0.5) is 0 Å². The van der Waals surface area contributed by atoms with E-state index in [4.69, 9.17) is 9.84 Å². The number of hydrogen-bond donors (Lipinski definition) is 1. The van der Waals surface area contributed by atoms with Crippen molar-refractivity contribution in [1.82, 2.24) is 9.80 Å². The minimum atomic E-state index is -0.925. The number of nitrogens with zero attached hydrogens (tertiary/aromatic N) is 2. The number of benzene rings is 2. The van der Waals surface area contributed by atoms with Crippen LogP contribution < -0.4 is 4.74 Å². The fraction of sp³-hybridized carbons (Fsp3) is 0.350. The molecule has 2 rings (SSSR count). The lowest BCUT2D eigenvalue weighted by atomic mass is 10.2. The van der Waals surface area contributed by atoms with Gasteiger partial charge in [-0.1, -0.05) is 30.3 Å².